The summed E-state index contributed by atoms with van der Waals surface area (Å²) in [6.45, 7) is 4.03. The molecule has 0 saturated carbocycles. The summed E-state index contributed by atoms with van der Waals surface area (Å²) in [5, 5.41) is 12.5. The van der Waals surface area contributed by atoms with E-state index in [9.17, 15) is 4.79 Å². The van der Waals surface area contributed by atoms with Crippen LogP contribution in [0.1, 0.15) is 11.1 Å². The predicted octanol–water partition coefficient (Wildman–Crippen LogP) is 3.05. The number of nitrogens with zero attached hydrogens (tertiary/aromatic N) is 6. The number of thioether (sulfide) groups is 1. The minimum Gasteiger partial charge on any atom is -0.319 e. The molecule has 2 aromatic heterocycles. The van der Waals surface area contributed by atoms with Crippen molar-refractivity contribution in [2.45, 2.75) is 19.0 Å². The molecule has 0 atom stereocenters. The first-order chi connectivity index (χ1) is 13.5. The standard InChI is InChI=1S/C19H18N6OS2/c1-12-8-9-13(2)15(10-12)25-19(21-22-23-25)27-11-17(26)20-18-24(3)14-6-4-5-7-16(14)28-18/h4-10H,11H2,1-3H3. The van der Waals surface area contributed by atoms with Crippen molar-refractivity contribution < 1.29 is 4.79 Å². The maximum atomic E-state index is 12.4. The molecule has 142 valence electrons. The van der Waals surface area contributed by atoms with E-state index in [4.69, 9.17) is 0 Å². The zero-order valence-electron chi connectivity index (χ0n) is 15.7. The maximum Gasteiger partial charge on any atom is 0.258 e. The first-order valence-electron chi connectivity index (χ1n) is 8.64. The molecule has 7 nitrogen and oxygen atoms in total. The Bertz CT molecular complexity index is 1240. The van der Waals surface area contributed by atoms with Crippen LogP contribution >= 0.6 is 23.1 Å². The van der Waals surface area contributed by atoms with Crippen LogP contribution in [-0.2, 0) is 11.8 Å². The van der Waals surface area contributed by atoms with Gasteiger partial charge < -0.3 is 4.57 Å². The molecule has 0 aliphatic carbocycles. The van der Waals surface area contributed by atoms with Crippen molar-refractivity contribution in [3.05, 3.63) is 58.4 Å². The third-order valence-corrected chi connectivity index (χ3v) is 6.31. The highest BCUT2D eigenvalue weighted by atomic mass is 32.2. The molecule has 2 aromatic carbocycles. The highest BCUT2D eigenvalue weighted by Gasteiger charge is 2.13. The molecule has 0 aliphatic rings. The van der Waals surface area contributed by atoms with Crippen LogP contribution in [0.15, 0.2) is 52.6 Å². The van der Waals surface area contributed by atoms with Gasteiger partial charge in [-0.25, -0.2) is 0 Å². The molecule has 2 heterocycles. The van der Waals surface area contributed by atoms with Gasteiger partial charge in [-0.15, -0.1) is 5.10 Å². The third kappa shape index (κ3) is 3.63. The molecule has 0 aliphatic heterocycles. The van der Waals surface area contributed by atoms with Crippen molar-refractivity contribution >= 4 is 39.2 Å². The van der Waals surface area contributed by atoms with Gasteiger partial charge in [0.15, 0.2) is 4.80 Å². The van der Waals surface area contributed by atoms with Gasteiger partial charge in [-0.3, -0.25) is 4.79 Å². The van der Waals surface area contributed by atoms with Gasteiger partial charge >= 0.3 is 0 Å². The molecule has 0 radical (unpaired) electrons. The number of aromatic nitrogens is 5. The number of tetrazole rings is 1. The van der Waals surface area contributed by atoms with Crippen molar-refractivity contribution in [1.82, 2.24) is 24.8 Å². The number of carbonyl (C=O) groups is 1. The molecule has 0 saturated heterocycles. The van der Waals surface area contributed by atoms with Crippen molar-refractivity contribution in [3.8, 4) is 5.69 Å². The zero-order valence-corrected chi connectivity index (χ0v) is 17.3. The second kappa shape index (κ2) is 7.69. The van der Waals surface area contributed by atoms with Gasteiger partial charge in [-0.05, 0) is 53.6 Å². The highest BCUT2D eigenvalue weighted by molar-refractivity contribution is 7.99. The van der Waals surface area contributed by atoms with Gasteiger partial charge in [-0.2, -0.15) is 9.67 Å². The van der Waals surface area contributed by atoms with Crippen LogP contribution in [0.4, 0.5) is 0 Å². The number of thiazole rings is 1. The molecule has 9 heteroatoms. The summed E-state index contributed by atoms with van der Waals surface area (Å²) in [7, 11) is 1.92. The fourth-order valence-electron chi connectivity index (χ4n) is 2.82. The maximum absolute atomic E-state index is 12.4. The molecule has 4 aromatic rings. The molecular formula is C19H18N6OS2. The average Bonchev–Trinajstić information content (AvgIpc) is 3.27. The summed E-state index contributed by atoms with van der Waals surface area (Å²) in [6.07, 6.45) is 0. The van der Waals surface area contributed by atoms with Crippen LogP contribution in [0.25, 0.3) is 15.9 Å². The van der Waals surface area contributed by atoms with Crippen molar-refractivity contribution in [3.63, 3.8) is 0 Å². The van der Waals surface area contributed by atoms with Crippen LogP contribution in [0, 0.1) is 13.8 Å². The summed E-state index contributed by atoms with van der Waals surface area (Å²) >= 11 is 2.78. The highest BCUT2D eigenvalue weighted by Crippen LogP contribution is 2.22. The van der Waals surface area contributed by atoms with E-state index in [2.05, 4.69) is 20.5 Å². The van der Waals surface area contributed by atoms with E-state index < -0.39 is 0 Å². The quantitative estimate of drug-likeness (QED) is 0.483. The van der Waals surface area contributed by atoms with E-state index in [1.54, 1.807) is 4.68 Å². The number of para-hydroxylation sites is 1. The lowest BCUT2D eigenvalue weighted by Gasteiger charge is -2.07. The fraction of sp³-hybridized carbons (Fsp3) is 0.211. The molecule has 1 amide bonds. The Morgan fingerprint density at radius 3 is 2.86 bits per heavy atom. The van der Waals surface area contributed by atoms with Gasteiger partial charge in [0.05, 0.1) is 21.7 Å². The summed E-state index contributed by atoms with van der Waals surface area (Å²) in [5.41, 5.74) is 4.15. The smallest absolute Gasteiger partial charge is 0.258 e. The Hall–Kier alpha value is -2.78. The molecule has 4 rings (SSSR count). The minimum absolute atomic E-state index is 0.166. The number of rotatable bonds is 4. The van der Waals surface area contributed by atoms with E-state index in [0.717, 1.165) is 27.0 Å². The zero-order chi connectivity index (χ0) is 19.7. The van der Waals surface area contributed by atoms with Crippen LogP contribution < -0.4 is 4.80 Å². The molecule has 0 unspecified atom stereocenters. The van der Waals surface area contributed by atoms with Crippen LogP contribution in [0.2, 0.25) is 0 Å². The SMILES string of the molecule is Cc1ccc(C)c(-n2nnnc2SCC(=O)N=c2sc3ccccc3n2C)c1. The number of carbonyl (C=O) groups excluding carboxylic acids is 1. The molecule has 0 bridgehead atoms. The van der Waals surface area contributed by atoms with E-state index in [1.807, 2.05) is 67.9 Å². The number of amides is 1. The van der Waals surface area contributed by atoms with E-state index >= 15 is 0 Å². The second-order valence-corrected chi connectivity index (χ2v) is 8.32. The first-order valence-corrected chi connectivity index (χ1v) is 10.4. The molecule has 0 spiro atoms. The Labute approximate surface area is 169 Å². The third-order valence-electron chi connectivity index (χ3n) is 4.29. The van der Waals surface area contributed by atoms with Gasteiger partial charge in [-0.1, -0.05) is 47.4 Å². The van der Waals surface area contributed by atoms with Crippen molar-refractivity contribution in [2.24, 2.45) is 12.0 Å². The molecule has 0 fully saturated rings. The first kappa shape index (κ1) is 18.6. The minimum atomic E-state index is -0.220. The van der Waals surface area contributed by atoms with E-state index in [1.165, 1.54) is 23.1 Å². The van der Waals surface area contributed by atoms with Crippen LogP contribution in [0.5, 0.6) is 0 Å². The lowest BCUT2D eigenvalue weighted by molar-refractivity contribution is -0.115. The summed E-state index contributed by atoms with van der Waals surface area (Å²) in [5.74, 6) is -0.0536. The lowest BCUT2D eigenvalue weighted by Crippen LogP contribution is -2.14. The monoisotopic (exact) mass is 410 g/mol. The van der Waals surface area contributed by atoms with Crippen molar-refractivity contribution in [2.75, 3.05) is 5.75 Å². The Kier molecular flexibility index (Phi) is 5.10. The summed E-state index contributed by atoms with van der Waals surface area (Å²) in [4.78, 5) is 17.4. The Morgan fingerprint density at radius 2 is 2.04 bits per heavy atom. The number of benzene rings is 2. The second-order valence-electron chi connectivity index (χ2n) is 6.37. The summed E-state index contributed by atoms with van der Waals surface area (Å²) < 4.78 is 4.70. The number of hydrogen-bond acceptors (Lipinski definition) is 6. The normalized spacial score (nSPS) is 12.0. The number of hydrogen-bond donors (Lipinski definition) is 0. The van der Waals surface area contributed by atoms with Crippen molar-refractivity contribution in [1.29, 1.82) is 0 Å². The Morgan fingerprint density at radius 1 is 1.21 bits per heavy atom. The fourth-order valence-corrected chi connectivity index (χ4v) is 4.53. The van der Waals surface area contributed by atoms with Crippen LogP contribution in [0.3, 0.4) is 0 Å². The topological polar surface area (TPSA) is 78.0 Å². The molecular weight excluding hydrogens is 392 g/mol. The Balaban J connectivity index is 1.55. The molecule has 0 N–H and O–H groups in total. The summed E-state index contributed by atoms with van der Waals surface area (Å²) in [6, 6.07) is 14.1. The van der Waals surface area contributed by atoms with E-state index in [-0.39, 0.29) is 11.7 Å². The predicted molar refractivity (Wildman–Crippen MR) is 111 cm³/mol. The number of fused-ring (bicyclic) bond motifs is 1. The lowest BCUT2D eigenvalue weighted by atomic mass is 10.1. The van der Waals surface area contributed by atoms with Gasteiger partial charge in [0.1, 0.15) is 0 Å². The van der Waals surface area contributed by atoms with E-state index in [0.29, 0.717) is 9.96 Å². The van der Waals surface area contributed by atoms with Gasteiger partial charge in [0.2, 0.25) is 5.16 Å². The van der Waals surface area contributed by atoms with Gasteiger partial charge in [0, 0.05) is 7.05 Å². The van der Waals surface area contributed by atoms with Gasteiger partial charge in [0.25, 0.3) is 5.91 Å². The average molecular weight is 411 g/mol. The largest absolute Gasteiger partial charge is 0.319 e. The van der Waals surface area contributed by atoms with Crippen LogP contribution in [-0.4, -0.2) is 36.4 Å². The number of aryl methyl sites for hydroxylation is 3. The molecule has 28 heavy (non-hydrogen) atoms.